The van der Waals surface area contributed by atoms with Gasteiger partial charge in [-0.2, -0.15) is 11.3 Å². The predicted molar refractivity (Wildman–Crippen MR) is 73.1 cm³/mol. The van der Waals surface area contributed by atoms with E-state index in [1.54, 1.807) is 11.3 Å². The molecular weight excluding hydrogens is 262 g/mol. The summed E-state index contributed by atoms with van der Waals surface area (Å²) in [5, 5.41) is 10.2. The van der Waals surface area contributed by atoms with Gasteiger partial charge in [-0.1, -0.05) is 0 Å². The Balaban J connectivity index is 1.68. The van der Waals surface area contributed by atoms with Gasteiger partial charge in [0.25, 0.3) is 5.91 Å². The van der Waals surface area contributed by atoms with Crippen LogP contribution in [0.4, 0.5) is 4.79 Å². The number of urea groups is 1. The van der Waals surface area contributed by atoms with Crippen LogP contribution in [0.5, 0.6) is 0 Å². The van der Waals surface area contributed by atoms with Gasteiger partial charge in [-0.15, -0.1) is 0 Å². The van der Waals surface area contributed by atoms with E-state index in [4.69, 9.17) is 0 Å². The maximum Gasteiger partial charge on any atom is 0.325 e. The van der Waals surface area contributed by atoms with Crippen molar-refractivity contribution in [2.24, 2.45) is 0 Å². The topological polar surface area (TPSA) is 61.4 Å². The molecule has 0 aromatic carbocycles. The number of carbonyl (C=O) groups is 2. The smallest absolute Gasteiger partial charge is 0.323 e. The Labute approximate surface area is 116 Å². The molecule has 102 valence electrons. The van der Waals surface area contributed by atoms with Crippen molar-refractivity contribution in [3.8, 4) is 0 Å². The molecule has 0 unspecified atom stereocenters. The van der Waals surface area contributed by atoms with Crippen LogP contribution in [0.25, 0.3) is 0 Å². The number of carbonyl (C=O) groups excluding carboxylic acids is 2. The molecule has 6 heteroatoms. The van der Waals surface area contributed by atoms with E-state index in [9.17, 15) is 9.59 Å². The molecule has 1 spiro atoms. The molecule has 3 rings (SSSR count). The summed E-state index contributed by atoms with van der Waals surface area (Å²) in [5.41, 5.74) is 0.536. The summed E-state index contributed by atoms with van der Waals surface area (Å²) in [6, 6.07) is 1.80. The molecule has 0 saturated carbocycles. The van der Waals surface area contributed by atoms with Crippen molar-refractivity contribution in [2.75, 3.05) is 19.6 Å². The summed E-state index contributed by atoms with van der Waals surface area (Å²) < 4.78 is 0. The molecule has 1 aromatic heterocycles. The van der Waals surface area contributed by atoms with Crippen molar-refractivity contribution < 1.29 is 9.59 Å². The molecule has 2 fully saturated rings. The maximum absolute atomic E-state index is 12.5. The first-order valence-corrected chi connectivity index (χ1v) is 7.51. The van der Waals surface area contributed by atoms with Gasteiger partial charge in [-0.25, -0.2) is 4.79 Å². The van der Waals surface area contributed by atoms with E-state index in [1.165, 1.54) is 10.5 Å². The van der Waals surface area contributed by atoms with Gasteiger partial charge < -0.3 is 10.6 Å². The van der Waals surface area contributed by atoms with E-state index in [-0.39, 0.29) is 11.9 Å². The number of rotatable bonds is 3. The Kier molecular flexibility index (Phi) is 3.28. The number of thiophene rings is 1. The van der Waals surface area contributed by atoms with Crippen molar-refractivity contribution >= 4 is 23.3 Å². The van der Waals surface area contributed by atoms with Crippen molar-refractivity contribution in [3.05, 3.63) is 22.4 Å². The Morgan fingerprint density at radius 2 is 2.11 bits per heavy atom. The molecular formula is C13H17N3O2S. The van der Waals surface area contributed by atoms with Gasteiger partial charge in [0.2, 0.25) is 0 Å². The lowest BCUT2D eigenvalue weighted by Gasteiger charge is -2.31. The predicted octanol–water partition coefficient (Wildman–Crippen LogP) is 0.965. The van der Waals surface area contributed by atoms with Crippen molar-refractivity contribution in [1.82, 2.24) is 15.5 Å². The Morgan fingerprint density at radius 3 is 2.79 bits per heavy atom. The number of nitrogens with one attached hydrogen (secondary N) is 2. The second-order valence-electron chi connectivity index (χ2n) is 5.10. The van der Waals surface area contributed by atoms with Gasteiger partial charge >= 0.3 is 6.03 Å². The van der Waals surface area contributed by atoms with E-state index in [0.29, 0.717) is 19.4 Å². The van der Waals surface area contributed by atoms with Gasteiger partial charge in [-0.3, -0.25) is 9.69 Å². The Morgan fingerprint density at radius 1 is 1.32 bits per heavy atom. The number of amides is 3. The average Bonchev–Trinajstić information content (AvgIpc) is 2.99. The van der Waals surface area contributed by atoms with Gasteiger partial charge in [0.15, 0.2) is 0 Å². The molecule has 5 nitrogen and oxygen atoms in total. The van der Waals surface area contributed by atoms with Crippen LogP contribution in [-0.4, -0.2) is 42.0 Å². The van der Waals surface area contributed by atoms with Gasteiger partial charge in [0, 0.05) is 6.54 Å². The van der Waals surface area contributed by atoms with E-state index in [0.717, 1.165) is 19.5 Å². The highest BCUT2D eigenvalue weighted by Crippen LogP contribution is 2.27. The van der Waals surface area contributed by atoms with Crippen LogP contribution in [0.2, 0.25) is 0 Å². The van der Waals surface area contributed by atoms with Crippen LogP contribution in [0.15, 0.2) is 16.8 Å². The second kappa shape index (κ2) is 4.94. The van der Waals surface area contributed by atoms with Crippen LogP contribution in [0, 0.1) is 0 Å². The van der Waals surface area contributed by atoms with Gasteiger partial charge in [0.05, 0.1) is 0 Å². The number of imide groups is 1. The molecule has 0 bridgehead atoms. The molecule has 0 atom stereocenters. The van der Waals surface area contributed by atoms with Gasteiger partial charge in [0.1, 0.15) is 5.54 Å². The van der Waals surface area contributed by atoms with Crippen molar-refractivity contribution in [3.63, 3.8) is 0 Å². The first-order chi connectivity index (χ1) is 9.21. The summed E-state index contributed by atoms with van der Waals surface area (Å²) in [6.07, 6.45) is 2.11. The monoisotopic (exact) mass is 279 g/mol. The Hall–Kier alpha value is -1.40. The van der Waals surface area contributed by atoms with Crippen LogP contribution in [-0.2, 0) is 11.2 Å². The SMILES string of the molecule is O=C1NC2(CCNCC2)C(=O)N1CCc1ccsc1. The lowest BCUT2D eigenvalue weighted by Crippen LogP contribution is -2.53. The third-order valence-corrected chi connectivity index (χ3v) is 4.64. The summed E-state index contributed by atoms with van der Waals surface area (Å²) in [4.78, 5) is 25.8. The highest BCUT2D eigenvalue weighted by atomic mass is 32.1. The molecule has 3 amide bonds. The first kappa shape index (κ1) is 12.6. The molecule has 3 heterocycles. The highest BCUT2D eigenvalue weighted by Gasteiger charge is 2.50. The first-order valence-electron chi connectivity index (χ1n) is 6.57. The van der Waals surface area contributed by atoms with Crippen LogP contribution in [0.1, 0.15) is 18.4 Å². The zero-order valence-electron chi connectivity index (χ0n) is 10.6. The summed E-state index contributed by atoms with van der Waals surface area (Å²) >= 11 is 1.63. The molecule has 2 aliphatic heterocycles. The number of piperidine rings is 1. The minimum atomic E-state index is -0.642. The zero-order chi connectivity index (χ0) is 13.3. The highest BCUT2D eigenvalue weighted by molar-refractivity contribution is 7.07. The van der Waals surface area contributed by atoms with Crippen LogP contribution in [0.3, 0.4) is 0 Å². The van der Waals surface area contributed by atoms with Crippen LogP contribution >= 0.6 is 11.3 Å². The average molecular weight is 279 g/mol. The maximum atomic E-state index is 12.5. The summed E-state index contributed by atoms with van der Waals surface area (Å²) in [7, 11) is 0. The van der Waals surface area contributed by atoms with Gasteiger partial charge in [-0.05, 0) is 54.7 Å². The molecule has 0 radical (unpaired) electrons. The Bertz CT molecular complexity index is 480. The fraction of sp³-hybridized carbons (Fsp3) is 0.538. The second-order valence-corrected chi connectivity index (χ2v) is 5.88. The van der Waals surface area contributed by atoms with E-state index in [1.807, 2.05) is 11.4 Å². The summed E-state index contributed by atoms with van der Waals surface area (Å²) in [6.45, 7) is 2.03. The van der Waals surface area contributed by atoms with E-state index < -0.39 is 5.54 Å². The van der Waals surface area contributed by atoms with Crippen LogP contribution < -0.4 is 10.6 Å². The van der Waals surface area contributed by atoms with E-state index in [2.05, 4.69) is 16.0 Å². The minimum Gasteiger partial charge on any atom is -0.323 e. The normalized spacial score (nSPS) is 22.0. The molecule has 19 heavy (non-hydrogen) atoms. The fourth-order valence-electron chi connectivity index (χ4n) is 2.75. The number of hydrogen-bond donors (Lipinski definition) is 2. The molecule has 2 aliphatic rings. The standard InChI is InChI=1S/C13H17N3O2S/c17-11-13(3-5-14-6-4-13)15-12(18)16(11)7-1-10-2-8-19-9-10/h2,8-9,14H,1,3-7H2,(H,15,18). The number of nitrogens with zero attached hydrogens (tertiary/aromatic N) is 1. The molecule has 0 aliphatic carbocycles. The fourth-order valence-corrected chi connectivity index (χ4v) is 3.45. The number of hydrogen-bond acceptors (Lipinski definition) is 4. The minimum absolute atomic E-state index is 0.0470. The van der Waals surface area contributed by atoms with E-state index >= 15 is 0 Å². The largest absolute Gasteiger partial charge is 0.325 e. The molecule has 1 aromatic rings. The van der Waals surface area contributed by atoms with Crippen molar-refractivity contribution in [1.29, 1.82) is 0 Å². The lowest BCUT2D eigenvalue weighted by molar-refractivity contribution is -0.132. The lowest BCUT2D eigenvalue weighted by atomic mass is 9.88. The molecule has 2 saturated heterocycles. The third kappa shape index (κ3) is 2.26. The quantitative estimate of drug-likeness (QED) is 0.810. The third-order valence-electron chi connectivity index (χ3n) is 3.91. The summed E-state index contributed by atoms with van der Waals surface area (Å²) in [5.74, 6) is -0.0470. The van der Waals surface area contributed by atoms with Crippen molar-refractivity contribution in [2.45, 2.75) is 24.8 Å². The zero-order valence-corrected chi connectivity index (χ0v) is 11.5. The molecule has 2 N–H and O–H groups in total.